The molecule has 6 heteroatoms. The van der Waals surface area contributed by atoms with Crippen molar-refractivity contribution >= 4 is 11.7 Å². The molecule has 0 aliphatic carbocycles. The van der Waals surface area contributed by atoms with Crippen LogP contribution in [0, 0.1) is 0 Å². The van der Waals surface area contributed by atoms with Crippen molar-refractivity contribution in [2.75, 3.05) is 44.8 Å². The van der Waals surface area contributed by atoms with Crippen molar-refractivity contribution in [3.8, 4) is 0 Å². The average Bonchev–Trinajstić information content (AvgIpc) is 2.70. The lowest BCUT2D eigenvalue weighted by molar-refractivity contribution is 0.122. The minimum atomic E-state index is -0.0711. The standard InChI is InChI=1S/C20H26N4O2/c1-23(20(25)22-11-9-18-4-2-3-10-21-18)16-17-5-7-19(8-6-17)24-12-14-26-15-13-24/h2-8,10H,9,11-16H2,1H3,(H,22,25). The molecule has 1 fully saturated rings. The summed E-state index contributed by atoms with van der Waals surface area (Å²) in [5.74, 6) is 0. The number of pyridine rings is 1. The normalized spacial score (nSPS) is 14.1. The SMILES string of the molecule is CN(Cc1ccc(N2CCOCC2)cc1)C(=O)NCCc1ccccn1. The van der Waals surface area contributed by atoms with Crippen molar-refractivity contribution in [2.45, 2.75) is 13.0 Å². The van der Waals surface area contributed by atoms with Crippen molar-refractivity contribution in [2.24, 2.45) is 0 Å². The summed E-state index contributed by atoms with van der Waals surface area (Å²) in [5, 5.41) is 2.94. The summed E-state index contributed by atoms with van der Waals surface area (Å²) in [6, 6.07) is 14.1. The number of morpholine rings is 1. The third kappa shape index (κ3) is 5.20. The van der Waals surface area contributed by atoms with Gasteiger partial charge >= 0.3 is 6.03 Å². The molecule has 3 rings (SSSR count). The van der Waals surface area contributed by atoms with E-state index in [1.54, 1.807) is 11.1 Å². The Morgan fingerprint density at radius 3 is 2.65 bits per heavy atom. The van der Waals surface area contributed by atoms with Crippen LogP contribution in [0.2, 0.25) is 0 Å². The predicted molar refractivity (Wildman–Crippen MR) is 102 cm³/mol. The minimum Gasteiger partial charge on any atom is -0.378 e. The lowest BCUT2D eigenvalue weighted by Crippen LogP contribution is -2.38. The smallest absolute Gasteiger partial charge is 0.317 e. The van der Waals surface area contributed by atoms with Gasteiger partial charge < -0.3 is 19.9 Å². The number of anilines is 1. The number of amides is 2. The van der Waals surface area contributed by atoms with Gasteiger partial charge in [-0.1, -0.05) is 18.2 Å². The third-order valence-electron chi connectivity index (χ3n) is 4.46. The van der Waals surface area contributed by atoms with Gasteiger partial charge in [0.15, 0.2) is 0 Å². The number of nitrogens with zero attached hydrogens (tertiary/aromatic N) is 3. The maximum absolute atomic E-state index is 12.2. The molecule has 26 heavy (non-hydrogen) atoms. The van der Waals surface area contributed by atoms with Crippen molar-refractivity contribution in [1.82, 2.24) is 15.2 Å². The van der Waals surface area contributed by atoms with E-state index in [-0.39, 0.29) is 6.03 Å². The molecule has 0 spiro atoms. The molecular formula is C20H26N4O2. The van der Waals surface area contributed by atoms with Gasteiger partial charge in [0.1, 0.15) is 0 Å². The van der Waals surface area contributed by atoms with Crippen molar-refractivity contribution in [3.63, 3.8) is 0 Å². The Bertz CT molecular complexity index is 685. The molecule has 0 radical (unpaired) electrons. The second kappa shape index (κ2) is 9.20. The number of nitrogens with one attached hydrogen (secondary N) is 1. The van der Waals surface area contributed by atoms with Gasteiger partial charge in [-0.3, -0.25) is 4.98 Å². The fourth-order valence-electron chi connectivity index (χ4n) is 2.96. The summed E-state index contributed by atoms with van der Waals surface area (Å²) >= 11 is 0. The number of urea groups is 1. The number of carbonyl (C=O) groups is 1. The number of ether oxygens (including phenoxy) is 1. The van der Waals surface area contributed by atoms with Crippen LogP contribution in [0.1, 0.15) is 11.3 Å². The van der Waals surface area contributed by atoms with E-state index in [1.807, 2.05) is 25.2 Å². The molecule has 1 N–H and O–H groups in total. The van der Waals surface area contributed by atoms with Gasteiger partial charge in [0.05, 0.1) is 13.2 Å². The van der Waals surface area contributed by atoms with Crippen LogP contribution >= 0.6 is 0 Å². The summed E-state index contributed by atoms with van der Waals surface area (Å²) < 4.78 is 5.39. The number of rotatable bonds is 6. The molecule has 1 aliphatic rings. The van der Waals surface area contributed by atoms with E-state index < -0.39 is 0 Å². The average molecular weight is 354 g/mol. The van der Waals surface area contributed by atoms with Crippen molar-refractivity contribution in [1.29, 1.82) is 0 Å². The fourth-order valence-corrected chi connectivity index (χ4v) is 2.96. The molecule has 1 aromatic carbocycles. The van der Waals surface area contributed by atoms with Crippen LogP contribution in [0.3, 0.4) is 0 Å². The molecule has 1 aromatic heterocycles. The minimum absolute atomic E-state index is 0.0711. The molecular weight excluding hydrogens is 328 g/mol. The van der Waals surface area contributed by atoms with Crippen LogP contribution in [0.25, 0.3) is 0 Å². The van der Waals surface area contributed by atoms with Crippen molar-refractivity contribution < 1.29 is 9.53 Å². The summed E-state index contributed by atoms with van der Waals surface area (Å²) in [6.07, 6.45) is 2.50. The Morgan fingerprint density at radius 1 is 1.19 bits per heavy atom. The van der Waals surface area contributed by atoms with E-state index in [1.165, 1.54) is 5.69 Å². The second-order valence-electron chi connectivity index (χ2n) is 6.42. The van der Waals surface area contributed by atoms with E-state index in [0.717, 1.165) is 44.0 Å². The molecule has 2 heterocycles. The number of benzene rings is 1. The molecule has 1 saturated heterocycles. The van der Waals surface area contributed by atoms with Gasteiger partial charge in [-0.05, 0) is 29.8 Å². The highest BCUT2D eigenvalue weighted by molar-refractivity contribution is 5.73. The Labute approximate surface area is 154 Å². The Kier molecular flexibility index (Phi) is 6.44. The lowest BCUT2D eigenvalue weighted by atomic mass is 10.2. The van der Waals surface area contributed by atoms with Crippen LogP contribution in [0.5, 0.6) is 0 Å². The number of carbonyl (C=O) groups excluding carboxylic acids is 1. The Morgan fingerprint density at radius 2 is 1.96 bits per heavy atom. The number of hydrogen-bond acceptors (Lipinski definition) is 4. The Hall–Kier alpha value is -2.60. The number of aromatic nitrogens is 1. The molecule has 0 saturated carbocycles. The molecule has 0 bridgehead atoms. The van der Waals surface area contributed by atoms with Crippen LogP contribution in [-0.4, -0.2) is 55.8 Å². The summed E-state index contributed by atoms with van der Waals surface area (Å²) in [7, 11) is 1.81. The highest BCUT2D eigenvalue weighted by Crippen LogP contribution is 2.17. The quantitative estimate of drug-likeness (QED) is 0.865. The van der Waals surface area contributed by atoms with Gasteiger partial charge in [-0.15, -0.1) is 0 Å². The van der Waals surface area contributed by atoms with Gasteiger partial charge in [-0.2, -0.15) is 0 Å². The molecule has 0 unspecified atom stereocenters. The first-order chi connectivity index (χ1) is 12.7. The second-order valence-corrected chi connectivity index (χ2v) is 6.42. The molecule has 6 nitrogen and oxygen atoms in total. The van der Waals surface area contributed by atoms with Crippen LogP contribution in [-0.2, 0) is 17.7 Å². The summed E-state index contributed by atoms with van der Waals surface area (Å²) in [4.78, 5) is 20.5. The molecule has 0 atom stereocenters. The van der Waals surface area contributed by atoms with E-state index >= 15 is 0 Å². The maximum atomic E-state index is 12.2. The first-order valence-corrected chi connectivity index (χ1v) is 9.03. The Balaban J connectivity index is 1.44. The topological polar surface area (TPSA) is 57.7 Å². The first kappa shape index (κ1) is 18.2. The maximum Gasteiger partial charge on any atom is 0.317 e. The summed E-state index contributed by atoms with van der Waals surface area (Å²) in [5.41, 5.74) is 3.30. The molecule has 2 amide bonds. The van der Waals surface area contributed by atoms with E-state index in [9.17, 15) is 4.79 Å². The lowest BCUT2D eigenvalue weighted by Gasteiger charge is -2.29. The van der Waals surface area contributed by atoms with Gasteiger partial charge in [0, 0.05) is 57.2 Å². The monoisotopic (exact) mass is 354 g/mol. The fraction of sp³-hybridized carbons (Fsp3) is 0.400. The van der Waals surface area contributed by atoms with Crippen molar-refractivity contribution in [3.05, 3.63) is 59.9 Å². The predicted octanol–water partition coefficient (Wildman–Crippen LogP) is 2.30. The highest BCUT2D eigenvalue weighted by atomic mass is 16.5. The van der Waals surface area contributed by atoms with Crippen LogP contribution in [0.15, 0.2) is 48.7 Å². The highest BCUT2D eigenvalue weighted by Gasteiger charge is 2.12. The number of hydrogen-bond donors (Lipinski definition) is 1. The van der Waals surface area contributed by atoms with Gasteiger partial charge in [-0.25, -0.2) is 4.79 Å². The zero-order valence-corrected chi connectivity index (χ0v) is 15.2. The largest absolute Gasteiger partial charge is 0.378 e. The van der Waals surface area contributed by atoms with E-state index in [4.69, 9.17) is 4.74 Å². The molecule has 138 valence electrons. The third-order valence-corrected chi connectivity index (χ3v) is 4.46. The first-order valence-electron chi connectivity index (χ1n) is 9.03. The van der Waals surface area contributed by atoms with Crippen LogP contribution in [0.4, 0.5) is 10.5 Å². The molecule has 1 aliphatic heterocycles. The zero-order chi connectivity index (χ0) is 18.2. The van der Waals surface area contributed by atoms with E-state index in [0.29, 0.717) is 13.1 Å². The molecule has 2 aromatic rings. The summed E-state index contributed by atoms with van der Waals surface area (Å²) in [6.45, 7) is 4.58. The zero-order valence-electron chi connectivity index (χ0n) is 15.2. The van der Waals surface area contributed by atoms with Gasteiger partial charge in [0.2, 0.25) is 0 Å². The van der Waals surface area contributed by atoms with Crippen LogP contribution < -0.4 is 10.2 Å². The van der Waals surface area contributed by atoms with Gasteiger partial charge in [0.25, 0.3) is 0 Å². The van der Waals surface area contributed by atoms with E-state index in [2.05, 4.69) is 39.5 Å².